The second-order valence-corrected chi connectivity index (χ2v) is 9.56. The number of nitrogens with one attached hydrogen (secondary N) is 1. The average Bonchev–Trinajstić information content (AvgIpc) is 3.09. The molecule has 22 heavy (non-hydrogen) atoms. The molecule has 6 nitrogen and oxygen atoms in total. The average molecular weight is 332 g/mol. The fourth-order valence-electron chi connectivity index (χ4n) is 2.62. The van der Waals surface area contributed by atoms with Crippen molar-refractivity contribution in [2.45, 2.75) is 52.6 Å². The van der Waals surface area contributed by atoms with Gasteiger partial charge in [-0.3, -0.25) is 0 Å². The summed E-state index contributed by atoms with van der Waals surface area (Å²) in [5, 5.41) is 0. The molecule has 0 spiro atoms. The van der Waals surface area contributed by atoms with Crippen molar-refractivity contribution in [3.05, 3.63) is 0 Å². The predicted octanol–water partition coefficient (Wildman–Crippen LogP) is 1.96. The third-order valence-corrected chi connectivity index (χ3v) is 5.93. The van der Waals surface area contributed by atoms with Crippen LogP contribution in [-0.4, -0.2) is 50.4 Å². The molecule has 128 valence electrons. The number of rotatable bonds is 6. The first-order chi connectivity index (χ1) is 10.0. The molecular weight excluding hydrogens is 304 g/mol. The Hall–Kier alpha value is -0.820. The van der Waals surface area contributed by atoms with E-state index in [-0.39, 0.29) is 23.2 Å². The quantitative estimate of drug-likeness (QED) is 0.807. The smallest absolute Gasteiger partial charge is 0.410 e. The highest BCUT2D eigenvalue weighted by atomic mass is 32.2. The van der Waals surface area contributed by atoms with E-state index in [0.717, 1.165) is 19.3 Å². The SMILES string of the molecule is CCC1(CNS(=O)(=O)CC2CN(C(=O)OC(C)(C)C)C2)CC1. The molecule has 2 rings (SSSR count). The van der Waals surface area contributed by atoms with Crippen LogP contribution < -0.4 is 4.72 Å². The van der Waals surface area contributed by atoms with Gasteiger partial charge in [-0.05, 0) is 45.4 Å². The Morgan fingerprint density at radius 1 is 1.32 bits per heavy atom. The molecule has 2 fully saturated rings. The minimum absolute atomic E-state index is 0.00166. The molecule has 1 N–H and O–H groups in total. The lowest BCUT2D eigenvalue weighted by atomic mass is 10.0. The normalized spacial score (nSPS) is 21.4. The fraction of sp³-hybridized carbons (Fsp3) is 0.933. The van der Waals surface area contributed by atoms with Crippen LogP contribution in [0.3, 0.4) is 0 Å². The van der Waals surface area contributed by atoms with Crippen molar-refractivity contribution in [1.29, 1.82) is 0 Å². The van der Waals surface area contributed by atoms with Crippen molar-refractivity contribution in [3.63, 3.8) is 0 Å². The van der Waals surface area contributed by atoms with E-state index in [2.05, 4.69) is 11.6 Å². The maximum absolute atomic E-state index is 12.1. The summed E-state index contributed by atoms with van der Waals surface area (Å²) in [4.78, 5) is 13.4. The molecule has 1 amide bonds. The van der Waals surface area contributed by atoms with Crippen LogP contribution in [0.1, 0.15) is 47.0 Å². The van der Waals surface area contributed by atoms with Gasteiger partial charge in [0.2, 0.25) is 10.0 Å². The first-order valence-electron chi connectivity index (χ1n) is 7.99. The number of sulfonamides is 1. The maximum Gasteiger partial charge on any atom is 0.410 e. The molecule has 0 aromatic rings. The van der Waals surface area contributed by atoms with E-state index in [1.165, 1.54) is 0 Å². The molecule has 0 aromatic carbocycles. The van der Waals surface area contributed by atoms with Gasteiger partial charge in [0.1, 0.15) is 5.60 Å². The molecule has 1 saturated heterocycles. The number of carbonyl (C=O) groups is 1. The Morgan fingerprint density at radius 2 is 1.91 bits per heavy atom. The summed E-state index contributed by atoms with van der Waals surface area (Å²) in [5.41, 5.74) is -0.316. The highest BCUT2D eigenvalue weighted by Crippen LogP contribution is 2.47. The second kappa shape index (κ2) is 6.00. The highest BCUT2D eigenvalue weighted by molar-refractivity contribution is 7.89. The third-order valence-electron chi connectivity index (χ3n) is 4.44. The fourth-order valence-corrected chi connectivity index (χ4v) is 4.09. The zero-order valence-corrected chi connectivity index (χ0v) is 14.8. The molecule has 0 aromatic heterocycles. The molecule has 0 unspecified atom stereocenters. The van der Waals surface area contributed by atoms with Crippen molar-refractivity contribution in [2.75, 3.05) is 25.4 Å². The molecule has 1 aliphatic heterocycles. The van der Waals surface area contributed by atoms with Crippen molar-refractivity contribution in [2.24, 2.45) is 11.3 Å². The summed E-state index contributed by atoms with van der Waals surface area (Å²) < 4.78 is 32.2. The topological polar surface area (TPSA) is 75.7 Å². The predicted molar refractivity (Wildman–Crippen MR) is 85.0 cm³/mol. The van der Waals surface area contributed by atoms with Crippen LogP contribution in [0.5, 0.6) is 0 Å². The van der Waals surface area contributed by atoms with Gasteiger partial charge < -0.3 is 9.64 Å². The van der Waals surface area contributed by atoms with Gasteiger partial charge in [0.05, 0.1) is 5.75 Å². The minimum Gasteiger partial charge on any atom is -0.444 e. The van der Waals surface area contributed by atoms with Crippen LogP contribution >= 0.6 is 0 Å². The standard InChI is InChI=1S/C15H28N2O4S/c1-5-15(6-7-15)11-16-22(19,20)10-12-8-17(9-12)13(18)21-14(2,3)4/h12,16H,5-11H2,1-4H3. The van der Waals surface area contributed by atoms with Gasteiger partial charge in [0.25, 0.3) is 0 Å². The van der Waals surface area contributed by atoms with Gasteiger partial charge in [-0.2, -0.15) is 0 Å². The molecule has 2 aliphatic rings. The number of carbonyl (C=O) groups excluding carboxylic acids is 1. The zero-order valence-electron chi connectivity index (χ0n) is 14.0. The monoisotopic (exact) mass is 332 g/mol. The van der Waals surface area contributed by atoms with Crippen LogP contribution in [0.25, 0.3) is 0 Å². The lowest BCUT2D eigenvalue weighted by Crippen LogP contribution is -2.54. The van der Waals surface area contributed by atoms with Crippen LogP contribution in [-0.2, 0) is 14.8 Å². The van der Waals surface area contributed by atoms with Gasteiger partial charge in [0.15, 0.2) is 0 Å². The summed E-state index contributed by atoms with van der Waals surface area (Å²) in [6.45, 7) is 9.01. The number of hydrogen-bond acceptors (Lipinski definition) is 4. The Labute approximate surface area is 133 Å². The van der Waals surface area contributed by atoms with Crippen LogP contribution in [0.2, 0.25) is 0 Å². The Balaban J connectivity index is 1.71. The van der Waals surface area contributed by atoms with Gasteiger partial charge in [-0.25, -0.2) is 17.9 Å². The largest absolute Gasteiger partial charge is 0.444 e. The third kappa shape index (κ3) is 4.84. The van der Waals surface area contributed by atoms with Crippen molar-refractivity contribution >= 4 is 16.1 Å². The van der Waals surface area contributed by atoms with E-state index in [1.807, 2.05) is 20.8 Å². The zero-order chi connectivity index (χ0) is 16.6. The summed E-state index contributed by atoms with van der Waals surface area (Å²) in [6, 6.07) is 0. The van der Waals surface area contributed by atoms with Crippen LogP contribution in [0.4, 0.5) is 4.79 Å². The number of ether oxygens (including phenoxy) is 1. The maximum atomic E-state index is 12.1. The lowest BCUT2D eigenvalue weighted by molar-refractivity contribution is 0.00188. The van der Waals surface area contributed by atoms with E-state index in [4.69, 9.17) is 4.74 Å². The van der Waals surface area contributed by atoms with Crippen LogP contribution in [0.15, 0.2) is 0 Å². The summed E-state index contributed by atoms with van der Waals surface area (Å²) in [6.07, 6.45) is 2.88. The number of likely N-dealkylation sites (tertiary alicyclic amines) is 1. The number of hydrogen-bond donors (Lipinski definition) is 1. The minimum atomic E-state index is -3.26. The molecule has 1 saturated carbocycles. The first kappa shape index (κ1) is 17.5. The number of nitrogens with zero attached hydrogens (tertiary/aromatic N) is 1. The molecule has 0 bridgehead atoms. The van der Waals surface area contributed by atoms with Crippen LogP contribution in [0, 0.1) is 11.3 Å². The van der Waals surface area contributed by atoms with Gasteiger partial charge in [0, 0.05) is 25.6 Å². The summed E-state index contributed by atoms with van der Waals surface area (Å²) in [7, 11) is -3.26. The molecule has 1 aliphatic carbocycles. The summed E-state index contributed by atoms with van der Waals surface area (Å²) in [5.74, 6) is 0.0910. The van der Waals surface area contributed by atoms with Crippen molar-refractivity contribution in [3.8, 4) is 0 Å². The number of amides is 1. The van der Waals surface area contributed by atoms with E-state index in [9.17, 15) is 13.2 Å². The first-order valence-corrected chi connectivity index (χ1v) is 9.65. The molecule has 7 heteroatoms. The van der Waals surface area contributed by atoms with Gasteiger partial charge >= 0.3 is 6.09 Å². The van der Waals surface area contributed by atoms with Gasteiger partial charge in [-0.15, -0.1) is 0 Å². The second-order valence-electron chi connectivity index (χ2n) is 7.71. The van der Waals surface area contributed by atoms with E-state index in [0.29, 0.717) is 19.6 Å². The Morgan fingerprint density at radius 3 is 2.36 bits per heavy atom. The van der Waals surface area contributed by atoms with E-state index in [1.54, 1.807) is 4.90 Å². The van der Waals surface area contributed by atoms with Gasteiger partial charge in [-0.1, -0.05) is 6.92 Å². The highest BCUT2D eigenvalue weighted by Gasteiger charge is 2.42. The molecule has 1 heterocycles. The molecular formula is C15H28N2O4S. The lowest BCUT2D eigenvalue weighted by Gasteiger charge is -2.39. The van der Waals surface area contributed by atoms with Crippen molar-refractivity contribution in [1.82, 2.24) is 9.62 Å². The Bertz CT molecular complexity index is 514. The van der Waals surface area contributed by atoms with E-state index >= 15 is 0 Å². The van der Waals surface area contributed by atoms with E-state index < -0.39 is 15.6 Å². The Kier molecular flexibility index (Phi) is 4.78. The van der Waals surface area contributed by atoms with Crippen molar-refractivity contribution < 1.29 is 17.9 Å². The molecule has 0 radical (unpaired) electrons. The molecule has 0 atom stereocenters. The summed E-state index contributed by atoms with van der Waals surface area (Å²) >= 11 is 0.